The van der Waals surface area contributed by atoms with Crippen molar-refractivity contribution >= 4 is 44.0 Å². The van der Waals surface area contributed by atoms with Crippen LogP contribution < -0.4 is 14.8 Å². The van der Waals surface area contributed by atoms with Gasteiger partial charge in [-0.15, -0.1) is 10.2 Å². The van der Waals surface area contributed by atoms with Crippen molar-refractivity contribution in [3.63, 3.8) is 0 Å². The molecular weight excluding hydrogens is 522 g/mol. The van der Waals surface area contributed by atoms with E-state index in [0.717, 1.165) is 0 Å². The molecule has 3 rings (SSSR count). The maximum Gasteiger partial charge on any atom is 0.269 e. The predicted octanol–water partition coefficient (Wildman–Crippen LogP) is 3.76. The molecular formula is C23H21N5O7S2. The topological polar surface area (TPSA) is 174 Å². The van der Waals surface area contributed by atoms with E-state index in [4.69, 9.17) is 9.47 Å². The highest BCUT2D eigenvalue weighted by Crippen LogP contribution is 2.30. The van der Waals surface area contributed by atoms with Crippen LogP contribution in [0.25, 0.3) is 6.08 Å². The highest BCUT2D eigenvalue weighted by molar-refractivity contribution is 7.93. The molecule has 0 radical (unpaired) electrons. The molecule has 0 unspecified atom stereocenters. The number of nitrogens with zero attached hydrogens (tertiary/aromatic N) is 4. The first-order chi connectivity index (χ1) is 17.7. The Labute approximate surface area is 216 Å². The molecule has 3 aromatic rings. The summed E-state index contributed by atoms with van der Waals surface area (Å²) in [5.74, 6) is -0.168. The molecule has 0 aliphatic rings. The number of non-ortho nitro benzene ring substituents is 1. The van der Waals surface area contributed by atoms with Gasteiger partial charge in [0.1, 0.15) is 18.2 Å². The summed E-state index contributed by atoms with van der Waals surface area (Å²) in [5.41, 5.74) is 0.915. The van der Waals surface area contributed by atoms with Crippen molar-refractivity contribution in [3.05, 3.63) is 69.3 Å². The number of anilines is 1. The van der Waals surface area contributed by atoms with Crippen LogP contribution in [-0.4, -0.2) is 41.8 Å². The van der Waals surface area contributed by atoms with Gasteiger partial charge in [-0.25, -0.2) is 8.42 Å². The molecule has 37 heavy (non-hydrogen) atoms. The van der Waals surface area contributed by atoms with Gasteiger partial charge in [-0.3, -0.25) is 20.2 Å². The fourth-order valence-electron chi connectivity index (χ4n) is 2.87. The Balaban J connectivity index is 1.75. The molecule has 0 spiro atoms. The van der Waals surface area contributed by atoms with Crippen molar-refractivity contribution in [2.45, 2.75) is 24.8 Å². The summed E-state index contributed by atoms with van der Waals surface area (Å²) in [6.45, 7) is 3.71. The van der Waals surface area contributed by atoms with Crippen molar-refractivity contribution in [3.8, 4) is 17.6 Å². The summed E-state index contributed by atoms with van der Waals surface area (Å²) in [6.07, 6.45) is 1.34. The number of hydrogen-bond acceptors (Lipinski definition) is 11. The summed E-state index contributed by atoms with van der Waals surface area (Å²) in [7, 11) is -3.57. The van der Waals surface area contributed by atoms with Gasteiger partial charge in [-0.05, 0) is 48.4 Å². The molecule has 0 fully saturated rings. The van der Waals surface area contributed by atoms with Gasteiger partial charge < -0.3 is 9.47 Å². The Hall–Kier alpha value is -4.35. The van der Waals surface area contributed by atoms with Crippen LogP contribution >= 0.6 is 11.3 Å². The van der Waals surface area contributed by atoms with Gasteiger partial charge in [0.15, 0.2) is 11.5 Å². The number of hydrogen-bond donors (Lipinski definition) is 1. The Morgan fingerprint density at radius 2 is 1.89 bits per heavy atom. The molecule has 0 aliphatic carbocycles. The van der Waals surface area contributed by atoms with E-state index in [0.29, 0.717) is 40.6 Å². The number of nitro groups is 1. The monoisotopic (exact) mass is 543 g/mol. The lowest BCUT2D eigenvalue weighted by atomic mass is 10.1. The zero-order valence-electron chi connectivity index (χ0n) is 19.7. The standard InChI is InChI=1S/C23H21N5O7S2/c1-3-34-20-12-16(7-10-19(20)35-14-15-5-8-18(9-6-15)28(30)31)11-17(13-24)21(29)25-22-26-27-23(36-22)37(32,33)4-2/h5-12H,3-4,14H2,1-2H3,(H,25,26,29)/b17-11-. The molecule has 0 aliphatic heterocycles. The van der Waals surface area contributed by atoms with Gasteiger partial charge >= 0.3 is 0 Å². The van der Waals surface area contributed by atoms with Crippen molar-refractivity contribution in [1.29, 1.82) is 5.26 Å². The van der Waals surface area contributed by atoms with E-state index in [1.165, 1.54) is 25.1 Å². The van der Waals surface area contributed by atoms with Gasteiger partial charge in [-0.1, -0.05) is 24.3 Å². The summed E-state index contributed by atoms with van der Waals surface area (Å²) >= 11 is 0.695. The molecule has 192 valence electrons. The van der Waals surface area contributed by atoms with Gasteiger partial charge in [0, 0.05) is 12.1 Å². The molecule has 0 bridgehead atoms. The third-order valence-electron chi connectivity index (χ3n) is 4.76. The van der Waals surface area contributed by atoms with Crippen molar-refractivity contribution in [2.75, 3.05) is 17.7 Å². The van der Waals surface area contributed by atoms with Crippen LogP contribution in [0.15, 0.2) is 52.4 Å². The van der Waals surface area contributed by atoms with E-state index < -0.39 is 20.7 Å². The minimum atomic E-state index is -3.57. The van der Waals surface area contributed by atoms with Gasteiger partial charge in [0.25, 0.3) is 11.6 Å². The zero-order chi connectivity index (χ0) is 27.0. The van der Waals surface area contributed by atoms with Gasteiger partial charge in [-0.2, -0.15) is 5.26 Å². The maximum absolute atomic E-state index is 12.6. The zero-order valence-corrected chi connectivity index (χ0v) is 21.3. The van der Waals surface area contributed by atoms with E-state index in [-0.39, 0.29) is 33.1 Å². The van der Waals surface area contributed by atoms with Crippen LogP contribution in [0, 0.1) is 21.4 Å². The predicted molar refractivity (Wildman–Crippen MR) is 135 cm³/mol. The molecule has 14 heteroatoms. The lowest BCUT2D eigenvalue weighted by molar-refractivity contribution is -0.384. The molecule has 0 saturated carbocycles. The van der Waals surface area contributed by atoms with Crippen LogP contribution in [0.1, 0.15) is 25.0 Å². The number of benzene rings is 2. The second-order valence-electron chi connectivity index (χ2n) is 7.25. The van der Waals surface area contributed by atoms with Crippen molar-refractivity contribution in [1.82, 2.24) is 10.2 Å². The number of carbonyl (C=O) groups is 1. The first-order valence-electron chi connectivity index (χ1n) is 10.8. The second-order valence-corrected chi connectivity index (χ2v) is 10.7. The van der Waals surface area contributed by atoms with E-state index in [1.807, 2.05) is 6.07 Å². The number of nitro benzene ring substituents is 1. The highest BCUT2D eigenvalue weighted by atomic mass is 32.2. The number of amides is 1. The van der Waals surface area contributed by atoms with Crippen LogP contribution in [0.3, 0.4) is 0 Å². The fourth-order valence-corrected chi connectivity index (χ4v) is 4.85. The molecule has 2 aromatic carbocycles. The van der Waals surface area contributed by atoms with Crippen LogP contribution in [-0.2, 0) is 21.2 Å². The lowest BCUT2D eigenvalue weighted by Gasteiger charge is -2.13. The summed E-state index contributed by atoms with van der Waals surface area (Å²) in [5, 5.41) is 29.9. The third kappa shape index (κ3) is 7.09. The molecule has 1 heterocycles. The van der Waals surface area contributed by atoms with Crippen molar-refractivity contribution in [2.24, 2.45) is 0 Å². The maximum atomic E-state index is 12.6. The Morgan fingerprint density at radius 1 is 1.16 bits per heavy atom. The van der Waals surface area contributed by atoms with Gasteiger partial charge in [0.2, 0.25) is 19.3 Å². The average molecular weight is 544 g/mol. The first-order valence-corrected chi connectivity index (χ1v) is 13.3. The van der Waals surface area contributed by atoms with E-state index in [1.54, 1.807) is 37.3 Å². The number of nitrogens with one attached hydrogen (secondary N) is 1. The molecule has 1 aromatic heterocycles. The minimum Gasteiger partial charge on any atom is -0.490 e. The number of nitriles is 1. The molecule has 1 amide bonds. The first kappa shape index (κ1) is 27.2. The summed E-state index contributed by atoms with van der Waals surface area (Å²) in [4.78, 5) is 22.9. The second kappa shape index (κ2) is 12.1. The fraction of sp³-hybridized carbons (Fsp3) is 0.217. The van der Waals surface area contributed by atoms with Crippen molar-refractivity contribution < 1.29 is 27.6 Å². The molecule has 1 N–H and O–H groups in total. The number of sulfone groups is 1. The van der Waals surface area contributed by atoms with E-state index in [2.05, 4.69) is 15.5 Å². The smallest absolute Gasteiger partial charge is 0.269 e. The molecule has 0 saturated heterocycles. The van der Waals surface area contributed by atoms with E-state index >= 15 is 0 Å². The number of aromatic nitrogens is 2. The minimum absolute atomic E-state index is 0.0233. The van der Waals surface area contributed by atoms with E-state index in [9.17, 15) is 28.6 Å². The van der Waals surface area contributed by atoms with Crippen LogP contribution in [0.2, 0.25) is 0 Å². The summed E-state index contributed by atoms with van der Waals surface area (Å²) in [6, 6.07) is 12.6. The highest BCUT2D eigenvalue weighted by Gasteiger charge is 2.20. The quantitative estimate of drug-likeness (QED) is 0.123. The largest absolute Gasteiger partial charge is 0.490 e. The average Bonchev–Trinajstić information content (AvgIpc) is 3.36. The normalized spacial score (nSPS) is 11.4. The third-order valence-corrected chi connectivity index (χ3v) is 7.78. The number of rotatable bonds is 11. The van der Waals surface area contributed by atoms with Crippen LogP contribution in [0.5, 0.6) is 11.5 Å². The van der Waals surface area contributed by atoms with Crippen LogP contribution in [0.4, 0.5) is 10.8 Å². The number of carbonyl (C=O) groups excluding carboxylic acids is 1. The molecule has 12 nitrogen and oxygen atoms in total. The molecule has 0 atom stereocenters. The van der Waals surface area contributed by atoms with Gasteiger partial charge in [0.05, 0.1) is 17.3 Å². The lowest BCUT2D eigenvalue weighted by Crippen LogP contribution is -2.13. The Kier molecular flexibility index (Phi) is 8.88. The SMILES string of the molecule is CCOc1cc(/C=C(/C#N)C(=O)Nc2nnc(S(=O)(=O)CC)s2)ccc1OCc1ccc([N+](=O)[O-])cc1. The Bertz CT molecular complexity index is 1480. The summed E-state index contributed by atoms with van der Waals surface area (Å²) < 4.78 is 35.0. The number of ether oxygens (including phenoxy) is 2. The Morgan fingerprint density at radius 3 is 2.51 bits per heavy atom.